The van der Waals surface area contributed by atoms with Gasteiger partial charge in [0.1, 0.15) is 17.2 Å². The number of rotatable bonds is 8. The summed E-state index contributed by atoms with van der Waals surface area (Å²) in [5, 5.41) is 0.467. The van der Waals surface area contributed by atoms with Crippen LogP contribution in [0.4, 0.5) is 5.69 Å². The maximum Gasteiger partial charge on any atom is 0.262 e. The standard InChI is InChI=1S/C22H23ClN2O4S/c1-15(2)28-22-13-16(14-24)7-12-20(22)25-30(26,27)18-10-8-17(9-11-18)29-21-6-4-3-5-19(21)23/h3-13,15,25H,14,24H2,1-2H3. The first-order valence-electron chi connectivity index (χ1n) is 9.33. The molecule has 6 nitrogen and oxygen atoms in total. The van der Waals surface area contributed by atoms with Crippen molar-refractivity contribution in [3.8, 4) is 17.2 Å². The van der Waals surface area contributed by atoms with E-state index in [0.29, 0.717) is 34.5 Å². The summed E-state index contributed by atoms with van der Waals surface area (Å²) in [5.74, 6) is 1.39. The summed E-state index contributed by atoms with van der Waals surface area (Å²) in [6.07, 6.45) is -0.123. The summed E-state index contributed by atoms with van der Waals surface area (Å²) >= 11 is 6.09. The van der Waals surface area contributed by atoms with Crippen molar-refractivity contribution in [2.24, 2.45) is 5.73 Å². The predicted octanol–water partition coefficient (Wildman–Crippen LogP) is 5.18. The molecule has 3 aromatic rings. The summed E-state index contributed by atoms with van der Waals surface area (Å²) in [6, 6.07) is 18.3. The van der Waals surface area contributed by atoms with Gasteiger partial charge in [0.05, 0.1) is 21.7 Å². The van der Waals surface area contributed by atoms with Crippen molar-refractivity contribution in [3.63, 3.8) is 0 Å². The number of anilines is 1. The predicted molar refractivity (Wildman–Crippen MR) is 119 cm³/mol. The second kappa shape index (κ2) is 9.38. The van der Waals surface area contributed by atoms with Gasteiger partial charge in [-0.15, -0.1) is 0 Å². The van der Waals surface area contributed by atoms with E-state index in [0.717, 1.165) is 5.56 Å². The molecule has 3 rings (SSSR count). The summed E-state index contributed by atoms with van der Waals surface area (Å²) in [4.78, 5) is 0.0902. The lowest BCUT2D eigenvalue weighted by atomic mass is 10.2. The highest BCUT2D eigenvalue weighted by Gasteiger charge is 2.18. The molecular weight excluding hydrogens is 424 g/mol. The lowest BCUT2D eigenvalue weighted by Crippen LogP contribution is -2.15. The van der Waals surface area contributed by atoms with Crippen LogP contribution in [0.2, 0.25) is 5.02 Å². The zero-order valence-corrected chi connectivity index (χ0v) is 18.2. The van der Waals surface area contributed by atoms with Gasteiger partial charge >= 0.3 is 0 Å². The quantitative estimate of drug-likeness (QED) is 0.497. The van der Waals surface area contributed by atoms with E-state index in [-0.39, 0.29) is 11.0 Å². The molecule has 0 amide bonds. The number of sulfonamides is 1. The van der Waals surface area contributed by atoms with E-state index in [9.17, 15) is 8.42 Å². The van der Waals surface area contributed by atoms with Gasteiger partial charge in [-0.2, -0.15) is 0 Å². The van der Waals surface area contributed by atoms with Crippen LogP contribution in [0.3, 0.4) is 0 Å². The fourth-order valence-corrected chi connectivity index (χ4v) is 3.92. The zero-order chi connectivity index (χ0) is 21.7. The summed E-state index contributed by atoms with van der Waals surface area (Å²) in [5.41, 5.74) is 6.87. The molecule has 0 bridgehead atoms. The fourth-order valence-electron chi connectivity index (χ4n) is 2.67. The molecule has 30 heavy (non-hydrogen) atoms. The van der Waals surface area contributed by atoms with Crippen LogP contribution in [0, 0.1) is 0 Å². The van der Waals surface area contributed by atoms with Gasteiger partial charge in [0.25, 0.3) is 10.0 Å². The molecule has 8 heteroatoms. The highest BCUT2D eigenvalue weighted by atomic mass is 35.5. The van der Waals surface area contributed by atoms with Gasteiger partial charge in [-0.1, -0.05) is 29.8 Å². The highest BCUT2D eigenvalue weighted by molar-refractivity contribution is 7.92. The van der Waals surface area contributed by atoms with Crippen molar-refractivity contribution in [1.29, 1.82) is 0 Å². The maximum atomic E-state index is 12.9. The number of hydrogen-bond acceptors (Lipinski definition) is 5. The van der Waals surface area contributed by atoms with E-state index in [4.69, 9.17) is 26.8 Å². The fraction of sp³-hybridized carbons (Fsp3) is 0.182. The zero-order valence-electron chi connectivity index (χ0n) is 16.6. The van der Waals surface area contributed by atoms with Crippen molar-refractivity contribution in [1.82, 2.24) is 0 Å². The van der Waals surface area contributed by atoms with Gasteiger partial charge in [0, 0.05) is 6.54 Å². The van der Waals surface area contributed by atoms with Gasteiger partial charge in [-0.05, 0) is 67.9 Å². The van der Waals surface area contributed by atoms with Crippen molar-refractivity contribution < 1.29 is 17.9 Å². The second-order valence-electron chi connectivity index (χ2n) is 6.81. The minimum Gasteiger partial charge on any atom is -0.489 e. The summed E-state index contributed by atoms with van der Waals surface area (Å²) in [6.45, 7) is 4.06. The van der Waals surface area contributed by atoms with E-state index in [1.54, 1.807) is 54.6 Å². The Labute approximate surface area is 181 Å². The molecule has 0 aliphatic heterocycles. The lowest BCUT2D eigenvalue weighted by Gasteiger charge is -2.17. The van der Waals surface area contributed by atoms with Gasteiger partial charge in [0.15, 0.2) is 0 Å². The van der Waals surface area contributed by atoms with Crippen LogP contribution in [0.1, 0.15) is 19.4 Å². The Morgan fingerprint density at radius 1 is 1.00 bits per heavy atom. The molecule has 0 aliphatic rings. The number of para-hydroxylation sites is 1. The average Bonchev–Trinajstić information content (AvgIpc) is 2.71. The molecule has 158 valence electrons. The van der Waals surface area contributed by atoms with Crippen LogP contribution in [-0.2, 0) is 16.6 Å². The molecule has 0 aromatic heterocycles. The molecule has 0 aliphatic carbocycles. The largest absolute Gasteiger partial charge is 0.489 e. The molecule has 3 aromatic carbocycles. The number of nitrogens with two attached hydrogens (primary N) is 1. The van der Waals surface area contributed by atoms with Gasteiger partial charge < -0.3 is 15.2 Å². The molecular formula is C22H23ClN2O4S. The Morgan fingerprint density at radius 2 is 1.70 bits per heavy atom. The second-order valence-corrected chi connectivity index (χ2v) is 8.90. The van der Waals surface area contributed by atoms with Crippen molar-refractivity contribution in [2.75, 3.05) is 4.72 Å². The normalized spacial score (nSPS) is 11.4. The first kappa shape index (κ1) is 22.0. The first-order valence-corrected chi connectivity index (χ1v) is 11.2. The van der Waals surface area contributed by atoms with Crippen molar-refractivity contribution in [3.05, 3.63) is 77.3 Å². The smallest absolute Gasteiger partial charge is 0.262 e. The number of hydrogen-bond donors (Lipinski definition) is 2. The monoisotopic (exact) mass is 446 g/mol. The van der Waals surface area contributed by atoms with E-state index < -0.39 is 10.0 Å². The first-order chi connectivity index (χ1) is 14.3. The van der Waals surface area contributed by atoms with Crippen molar-refractivity contribution in [2.45, 2.75) is 31.4 Å². The molecule has 0 saturated heterocycles. The van der Waals surface area contributed by atoms with Gasteiger partial charge in [0.2, 0.25) is 0 Å². The van der Waals surface area contributed by atoms with E-state index >= 15 is 0 Å². The van der Waals surface area contributed by atoms with Crippen LogP contribution in [0.5, 0.6) is 17.2 Å². The third-order valence-corrected chi connectivity index (χ3v) is 5.78. The Balaban J connectivity index is 1.81. The molecule has 0 saturated carbocycles. The molecule has 0 spiro atoms. The topological polar surface area (TPSA) is 90.6 Å². The van der Waals surface area contributed by atoms with Crippen LogP contribution >= 0.6 is 11.6 Å². The minimum absolute atomic E-state index is 0.0902. The minimum atomic E-state index is -3.83. The van der Waals surface area contributed by atoms with Gasteiger partial charge in [-0.3, -0.25) is 4.72 Å². The highest BCUT2D eigenvalue weighted by Crippen LogP contribution is 2.31. The Hall–Kier alpha value is -2.74. The number of halogens is 1. The molecule has 3 N–H and O–H groups in total. The lowest BCUT2D eigenvalue weighted by molar-refractivity contribution is 0.243. The third kappa shape index (κ3) is 5.44. The van der Waals surface area contributed by atoms with E-state index in [1.807, 2.05) is 13.8 Å². The molecule has 0 radical (unpaired) electrons. The maximum absolute atomic E-state index is 12.9. The molecule has 0 unspecified atom stereocenters. The van der Waals surface area contributed by atoms with Crippen molar-refractivity contribution >= 4 is 27.3 Å². The van der Waals surface area contributed by atoms with E-state index in [2.05, 4.69) is 4.72 Å². The Morgan fingerprint density at radius 3 is 2.33 bits per heavy atom. The average molecular weight is 447 g/mol. The molecule has 0 fully saturated rings. The Kier molecular flexibility index (Phi) is 6.87. The van der Waals surface area contributed by atoms with E-state index in [1.165, 1.54) is 12.1 Å². The third-order valence-electron chi connectivity index (χ3n) is 4.09. The number of benzene rings is 3. The number of nitrogens with one attached hydrogen (secondary N) is 1. The summed E-state index contributed by atoms with van der Waals surface area (Å²) in [7, 11) is -3.83. The SMILES string of the molecule is CC(C)Oc1cc(CN)ccc1NS(=O)(=O)c1ccc(Oc2ccccc2Cl)cc1. The van der Waals surface area contributed by atoms with Crippen LogP contribution < -0.4 is 19.9 Å². The van der Waals surface area contributed by atoms with Gasteiger partial charge in [-0.25, -0.2) is 8.42 Å². The van der Waals surface area contributed by atoms with Crippen LogP contribution in [-0.4, -0.2) is 14.5 Å². The molecule has 0 atom stereocenters. The Bertz CT molecular complexity index is 1120. The van der Waals surface area contributed by atoms with Crippen LogP contribution in [0.25, 0.3) is 0 Å². The molecule has 0 heterocycles. The number of ether oxygens (including phenoxy) is 2. The van der Waals surface area contributed by atoms with Crippen LogP contribution in [0.15, 0.2) is 71.6 Å². The summed E-state index contributed by atoms with van der Waals surface area (Å²) < 4.78 is 39.8.